The third kappa shape index (κ3) is 5.70. The highest BCUT2D eigenvalue weighted by molar-refractivity contribution is 7.60. The topological polar surface area (TPSA) is 9.23 Å². The Bertz CT molecular complexity index is 664. The van der Waals surface area contributed by atoms with Gasteiger partial charge in [0, 0.05) is 11.2 Å². The van der Waals surface area contributed by atoms with Crippen LogP contribution in [0.1, 0.15) is 109 Å². The Balaban J connectivity index is 1.64. The molecular weight excluding hydrogens is 383 g/mol. The first kappa shape index (κ1) is 22.4. The van der Waals surface area contributed by atoms with Crippen molar-refractivity contribution in [1.82, 2.24) is 0 Å². The Labute approximate surface area is 186 Å². The highest BCUT2D eigenvalue weighted by atomic mass is 31.1. The van der Waals surface area contributed by atoms with Gasteiger partial charge >= 0.3 is 0 Å². The maximum atomic E-state index is 6.18. The van der Waals surface area contributed by atoms with E-state index in [-0.39, 0.29) is 14.0 Å². The van der Waals surface area contributed by atoms with Crippen LogP contribution >= 0.6 is 7.92 Å². The van der Waals surface area contributed by atoms with E-state index in [9.17, 15) is 0 Å². The molecule has 1 nitrogen and oxygen atoms in total. The van der Waals surface area contributed by atoms with Crippen LogP contribution in [0.2, 0.25) is 0 Å². The van der Waals surface area contributed by atoms with Crippen molar-refractivity contribution in [3.63, 3.8) is 0 Å². The van der Waals surface area contributed by atoms with Crippen LogP contribution in [-0.4, -0.2) is 23.1 Å². The first-order valence-electron chi connectivity index (χ1n) is 13.0. The third-order valence-electron chi connectivity index (χ3n) is 7.60. The minimum Gasteiger partial charge on any atom is -0.490 e. The van der Waals surface area contributed by atoms with Crippen LogP contribution in [0, 0.1) is 0 Å². The van der Waals surface area contributed by atoms with Crippen molar-refractivity contribution >= 4 is 14.0 Å². The highest BCUT2D eigenvalue weighted by Crippen LogP contribution is 2.63. The predicted molar refractivity (Wildman–Crippen MR) is 133 cm³/mol. The molecule has 166 valence electrons. The van der Waals surface area contributed by atoms with Gasteiger partial charge in [-0.3, -0.25) is 0 Å². The maximum absolute atomic E-state index is 6.18. The molecule has 0 bridgehead atoms. The number of rotatable bonds is 6. The van der Waals surface area contributed by atoms with Crippen LogP contribution in [0.15, 0.2) is 29.8 Å². The van der Waals surface area contributed by atoms with Crippen molar-refractivity contribution in [2.75, 3.05) is 0 Å². The van der Waals surface area contributed by atoms with Gasteiger partial charge in [0.1, 0.15) is 5.75 Å². The average molecular weight is 427 g/mol. The van der Waals surface area contributed by atoms with Crippen LogP contribution < -0.4 is 4.74 Å². The summed E-state index contributed by atoms with van der Waals surface area (Å²) in [4.78, 5) is 0. The Kier molecular flexibility index (Phi) is 8.34. The van der Waals surface area contributed by atoms with Crippen molar-refractivity contribution in [3.8, 4) is 5.75 Å². The zero-order chi connectivity index (χ0) is 20.8. The molecule has 3 aliphatic carbocycles. The SMILES string of the molecule is CC(C)Oc1ccccc1C=C1CCCCC1P(C1CCCCC1)C1CCCCC1. The molecule has 0 radical (unpaired) electrons. The molecule has 3 fully saturated rings. The summed E-state index contributed by atoms with van der Waals surface area (Å²) >= 11 is 0. The molecule has 1 aromatic carbocycles. The summed E-state index contributed by atoms with van der Waals surface area (Å²) < 4.78 is 6.18. The van der Waals surface area contributed by atoms with Crippen molar-refractivity contribution < 1.29 is 4.74 Å². The standard InChI is InChI=1S/C28H43OP/c1-22(2)29-27-19-11-9-13-23(27)21-24-14-10-12-20-28(24)30(25-15-5-3-6-16-25)26-17-7-4-8-18-26/h9,11,13,19,21-22,25-26,28H,3-8,10,12,14-18,20H2,1-2H3. The van der Waals surface area contributed by atoms with Crippen LogP contribution in [0.3, 0.4) is 0 Å². The van der Waals surface area contributed by atoms with Crippen molar-refractivity contribution in [2.45, 2.75) is 127 Å². The molecule has 4 rings (SSSR count). The van der Waals surface area contributed by atoms with Gasteiger partial charge in [-0.15, -0.1) is 0 Å². The third-order valence-corrected chi connectivity index (χ3v) is 11.6. The van der Waals surface area contributed by atoms with Crippen LogP contribution in [0.4, 0.5) is 0 Å². The summed E-state index contributed by atoms with van der Waals surface area (Å²) in [6, 6.07) is 8.74. The van der Waals surface area contributed by atoms with E-state index >= 15 is 0 Å². The minimum atomic E-state index is 0.114. The maximum Gasteiger partial charge on any atom is 0.126 e. The second-order valence-corrected chi connectivity index (χ2v) is 13.2. The van der Waals surface area contributed by atoms with Gasteiger partial charge in [0.15, 0.2) is 0 Å². The zero-order valence-electron chi connectivity index (χ0n) is 19.5. The molecule has 0 saturated heterocycles. The molecular formula is C28H43OP. The number of ether oxygens (including phenoxy) is 1. The molecule has 0 aromatic heterocycles. The lowest BCUT2D eigenvalue weighted by atomic mass is 9.92. The smallest absolute Gasteiger partial charge is 0.126 e. The van der Waals surface area contributed by atoms with E-state index in [4.69, 9.17) is 4.74 Å². The average Bonchev–Trinajstić information content (AvgIpc) is 2.78. The summed E-state index contributed by atoms with van der Waals surface area (Å²) in [7, 11) is 0.114. The Morgan fingerprint density at radius 3 is 2.03 bits per heavy atom. The summed E-state index contributed by atoms with van der Waals surface area (Å²) in [5.74, 6) is 1.07. The zero-order valence-corrected chi connectivity index (χ0v) is 20.3. The van der Waals surface area contributed by atoms with Crippen LogP contribution in [0.25, 0.3) is 6.08 Å². The quantitative estimate of drug-likeness (QED) is 0.412. The van der Waals surface area contributed by atoms with Gasteiger partial charge in [-0.05, 0) is 76.2 Å². The molecule has 30 heavy (non-hydrogen) atoms. The molecule has 0 amide bonds. The molecule has 3 saturated carbocycles. The van der Waals surface area contributed by atoms with E-state index in [0.29, 0.717) is 0 Å². The van der Waals surface area contributed by atoms with Crippen molar-refractivity contribution in [3.05, 3.63) is 35.4 Å². The molecule has 1 atom stereocenters. The number of hydrogen-bond acceptors (Lipinski definition) is 1. The monoisotopic (exact) mass is 426 g/mol. The Morgan fingerprint density at radius 1 is 0.800 bits per heavy atom. The second-order valence-electron chi connectivity index (χ2n) is 10.2. The number of allylic oxidation sites excluding steroid dienone is 1. The molecule has 3 aliphatic rings. The van der Waals surface area contributed by atoms with Crippen molar-refractivity contribution in [1.29, 1.82) is 0 Å². The summed E-state index contributed by atoms with van der Waals surface area (Å²) in [6.07, 6.45) is 23.5. The lowest BCUT2D eigenvalue weighted by Gasteiger charge is -2.45. The highest BCUT2D eigenvalue weighted by Gasteiger charge is 2.38. The molecule has 0 aliphatic heterocycles. The largest absolute Gasteiger partial charge is 0.490 e. The number of benzene rings is 1. The van der Waals surface area contributed by atoms with Gasteiger partial charge in [-0.1, -0.05) is 82.7 Å². The van der Waals surface area contributed by atoms with Crippen LogP contribution in [-0.2, 0) is 0 Å². The lowest BCUT2D eigenvalue weighted by Crippen LogP contribution is -2.29. The second kappa shape index (κ2) is 11.2. The fourth-order valence-corrected chi connectivity index (χ4v) is 10.9. The van der Waals surface area contributed by atoms with Crippen molar-refractivity contribution in [2.24, 2.45) is 0 Å². The Morgan fingerprint density at radius 2 is 1.40 bits per heavy atom. The molecule has 0 spiro atoms. The first-order chi connectivity index (χ1) is 14.7. The molecule has 0 N–H and O–H groups in total. The van der Waals surface area contributed by atoms with Gasteiger partial charge in [-0.2, -0.15) is 0 Å². The molecule has 0 heterocycles. The van der Waals surface area contributed by atoms with Crippen LogP contribution in [0.5, 0.6) is 5.75 Å². The van der Waals surface area contributed by atoms with E-state index in [1.165, 1.54) is 95.5 Å². The predicted octanol–water partition coefficient (Wildman–Crippen LogP) is 8.95. The number of hydrogen-bond donors (Lipinski definition) is 0. The fraction of sp³-hybridized carbons (Fsp3) is 0.714. The molecule has 2 heteroatoms. The van der Waals surface area contributed by atoms with Gasteiger partial charge in [0.05, 0.1) is 6.10 Å². The van der Waals surface area contributed by atoms with E-state index in [1.807, 2.05) is 0 Å². The minimum absolute atomic E-state index is 0.114. The summed E-state index contributed by atoms with van der Waals surface area (Å²) in [6.45, 7) is 4.28. The van der Waals surface area contributed by atoms with E-state index in [2.05, 4.69) is 44.2 Å². The van der Waals surface area contributed by atoms with E-state index < -0.39 is 0 Å². The van der Waals surface area contributed by atoms with E-state index in [0.717, 1.165) is 22.7 Å². The fourth-order valence-electron chi connectivity index (χ4n) is 6.25. The van der Waals surface area contributed by atoms with Gasteiger partial charge < -0.3 is 4.74 Å². The normalized spacial score (nSPS) is 25.9. The van der Waals surface area contributed by atoms with E-state index in [1.54, 1.807) is 5.57 Å². The molecule has 1 unspecified atom stereocenters. The lowest BCUT2D eigenvalue weighted by molar-refractivity contribution is 0.242. The Hall–Kier alpha value is -0.810. The van der Waals surface area contributed by atoms with Gasteiger partial charge in [-0.25, -0.2) is 0 Å². The van der Waals surface area contributed by atoms with Gasteiger partial charge in [0.2, 0.25) is 0 Å². The molecule has 1 aromatic rings. The van der Waals surface area contributed by atoms with Gasteiger partial charge in [0.25, 0.3) is 0 Å². The summed E-state index contributed by atoms with van der Waals surface area (Å²) in [5, 5.41) is 0. The first-order valence-corrected chi connectivity index (χ1v) is 14.5. The number of para-hydroxylation sites is 1. The summed E-state index contributed by atoms with van der Waals surface area (Å²) in [5.41, 5.74) is 6.07.